The van der Waals surface area contributed by atoms with Crippen LogP contribution in [-0.4, -0.2) is 41.6 Å². The molecule has 0 saturated carbocycles. The molecule has 0 saturated heterocycles. The third-order valence-corrected chi connectivity index (χ3v) is 4.10. The van der Waals surface area contributed by atoms with Crippen molar-refractivity contribution in [1.82, 2.24) is 9.88 Å². The number of aromatic nitrogens is 1. The Morgan fingerprint density at radius 3 is 2.46 bits per heavy atom. The lowest BCUT2D eigenvalue weighted by Crippen LogP contribution is -2.24. The molecule has 2 amide bonds. The van der Waals surface area contributed by atoms with Gasteiger partial charge in [0.2, 0.25) is 0 Å². The van der Waals surface area contributed by atoms with Gasteiger partial charge in [-0.1, -0.05) is 24.3 Å². The molecule has 2 N–H and O–H groups in total. The largest absolute Gasteiger partial charge is 0.358 e. The molecule has 26 heavy (non-hydrogen) atoms. The van der Waals surface area contributed by atoms with Gasteiger partial charge in [-0.15, -0.1) is 0 Å². The Morgan fingerprint density at radius 1 is 1.00 bits per heavy atom. The third-order valence-electron chi connectivity index (χ3n) is 4.10. The van der Waals surface area contributed by atoms with Crippen molar-refractivity contribution in [2.75, 3.05) is 19.4 Å². The number of anilines is 1. The summed E-state index contributed by atoms with van der Waals surface area (Å²) in [5, 5.41) is 3.29. The van der Waals surface area contributed by atoms with E-state index in [1.807, 2.05) is 18.2 Å². The van der Waals surface area contributed by atoms with Gasteiger partial charge in [-0.2, -0.15) is 0 Å². The van der Waals surface area contributed by atoms with Gasteiger partial charge in [0, 0.05) is 41.9 Å². The second kappa shape index (κ2) is 6.84. The van der Waals surface area contributed by atoms with Crippen LogP contribution in [0.4, 0.5) is 5.69 Å². The normalized spacial score (nSPS) is 10.6. The van der Waals surface area contributed by atoms with Crippen molar-refractivity contribution in [2.24, 2.45) is 0 Å². The van der Waals surface area contributed by atoms with Crippen molar-refractivity contribution >= 4 is 34.2 Å². The van der Waals surface area contributed by atoms with Gasteiger partial charge in [-0.3, -0.25) is 14.4 Å². The minimum atomic E-state index is -0.743. The van der Waals surface area contributed by atoms with E-state index >= 15 is 0 Å². The highest BCUT2D eigenvalue weighted by atomic mass is 16.2. The zero-order valence-corrected chi connectivity index (χ0v) is 14.8. The SMILES string of the molecule is Cc1[nH]c2ccccc2c1C(=O)C(=O)Nc1cccc(C(=O)N(C)C)c1. The number of nitrogens with zero attached hydrogens (tertiary/aromatic N) is 1. The van der Waals surface area contributed by atoms with E-state index in [0.29, 0.717) is 27.9 Å². The summed E-state index contributed by atoms with van der Waals surface area (Å²) < 4.78 is 0. The topological polar surface area (TPSA) is 82.3 Å². The van der Waals surface area contributed by atoms with Crippen LogP contribution in [0.5, 0.6) is 0 Å². The van der Waals surface area contributed by atoms with Crippen LogP contribution in [0.15, 0.2) is 48.5 Å². The van der Waals surface area contributed by atoms with Crippen molar-refractivity contribution < 1.29 is 14.4 Å². The van der Waals surface area contributed by atoms with Gasteiger partial charge in [0.05, 0.1) is 5.56 Å². The maximum atomic E-state index is 12.7. The number of fused-ring (bicyclic) bond motifs is 1. The Morgan fingerprint density at radius 2 is 1.73 bits per heavy atom. The van der Waals surface area contributed by atoms with Crippen molar-refractivity contribution in [3.05, 3.63) is 65.4 Å². The van der Waals surface area contributed by atoms with Crippen LogP contribution < -0.4 is 5.32 Å². The Hall–Kier alpha value is -3.41. The Labute approximate surface area is 150 Å². The second-order valence-electron chi connectivity index (χ2n) is 6.23. The molecule has 0 fully saturated rings. The number of H-pyrrole nitrogens is 1. The number of para-hydroxylation sites is 1. The van der Waals surface area contributed by atoms with Gasteiger partial charge in [0.15, 0.2) is 0 Å². The number of amides is 2. The summed E-state index contributed by atoms with van der Waals surface area (Å²) in [5.41, 5.74) is 2.64. The highest BCUT2D eigenvalue weighted by Gasteiger charge is 2.23. The summed E-state index contributed by atoms with van der Waals surface area (Å²) in [5.74, 6) is -1.54. The number of hydrogen-bond donors (Lipinski definition) is 2. The van der Waals surface area contributed by atoms with Gasteiger partial charge < -0.3 is 15.2 Å². The first-order valence-electron chi connectivity index (χ1n) is 8.13. The van der Waals surface area contributed by atoms with Crippen molar-refractivity contribution in [3.8, 4) is 0 Å². The molecule has 132 valence electrons. The number of aromatic amines is 1. The van der Waals surface area contributed by atoms with Crippen LogP contribution in [0.2, 0.25) is 0 Å². The van der Waals surface area contributed by atoms with Crippen molar-refractivity contribution in [2.45, 2.75) is 6.92 Å². The number of hydrogen-bond acceptors (Lipinski definition) is 3. The van der Waals surface area contributed by atoms with Crippen LogP contribution in [0, 0.1) is 6.92 Å². The maximum absolute atomic E-state index is 12.7. The first-order valence-corrected chi connectivity index (χ1v) is 8.13. The first kappa shape index (κ1) is 17.4. The summed E-state index contributed by atoms with van der Waals surface area (Å²) in [4.78, 5) is 41.7. The molecule has 0 unspecified atom stereocenters. The lowest BCUT2D eigenvalue weighted by Gasteiger charge is -2.11. The number of aryl methyl sites for hydroxylation is 1. The number of carbonyl (C=O) groups excluding carboxylic acids is 3. The fraction of sp³-hybridized carbons (Fsp3) is 0.150. The van der Waals surface area contributed by atoms with E-state index < -0.39 is 11.7 Å². The van der Waals surface area contributed by atoms with E-state index in [0.717, 1.165) is 5.52 Å². The monoisotopic (exact) mass is 349 g/mol. The van der Waals surface area contributed by atoms with E-state index in [2.05, 4.69) is 10.3 Å². The Bertz CT molecular complexity index is 1020. The third kappa shape index (κ3) is 3.21. The lowest BCUT2D eigenvalue weighted by molar-refractivity contribution is -0.112. The second-order valence-corrected chi connectivity index (χ2v) is 6.23. The zero-order chi connectivity index (χ0) is 18.8. The van der Waals surface area contributed by atoms with E-state index in [1.165, 1.54) is 4.90 Å². The number of ketones is 1. The molecule has 0 atom stereocenters. The molecule has 6 nitrogen and oxygen atoms in total. The molecule has 3 rings (SSSR count). The molecule has 0 spiro atoms. The molecule has 0 radical (unpaired) electrons. The Kier molecular flexibility index (Phi) is 4.58. The van der Waals surface area contributed by atoms with Gasteiger partial charge in [0.1, 0.15) is 0 Å². The van der Waals surface area contributed by atoms with E-state index in [1.54, 1.807) is 51.4 Å². The molecule has 1 heterocycles. The molecular weight excluding hydrogens is 330 g/mol. The number of rotatable bonds is 4. The fourth-order valence-corrected chi connectivity index (χ4v) is 2.86. The molecule has 0 aliphatic heterocycles. The predicted molar refractivity (Wildman–Crippen MR) is 100 cm³/mol. The highest BCUT2D eigenvalue weighted by Crippen LogP contribution is 2.23. The number of benzene rings is 2. The highest BCUT2D eigenvalue weighted by molar-refractivity contribution is 6.48. The zero-order valence-electron chi connectivity index (χ0n) is 14.8. The maximum Gasteiger partial charge on any atom is 0.296 e. The number of Topliss-reactive ketones (excluding diaryl/α,β-unsaturated/α-hetero) is 1. The number of carbonyl (C=O) groups is 3. The smallest absolute Gasteiger partial charge is 0.296 e. The standard InChI is InChI=1S/C20H19N3O3/c1-12-17(15-9-4-5-10-16(15)21-12)18(24)19(25)22-14-8-6-7-13(11-14)20(26)23(2)3/h4-11,21H,1-3H3,(H,22,25). The van der Waals surface area contributed by atoms with Gasteiger partial charge in [0.25, 0.3) is 17.6 Å². The molecule has 2 aromatic carbocycles. The van der Waals surface area contributed by atoms with Gasteiger partial charge >= 0.3 is 0 Å². The van der Waals surface area contributed by atoms with Crippen LogP contribution in [0.1, 0.15) is 26.4 Å². The minimum Gasteiger partial charge on any atom is -0.358 e. The minimum absolute atomic E-state index is 0.181. The summed E-state index contributed by atoms with van der Waals surface area (Å²) in [7, 11) is 3.30. The molecule has 1 aromatic heterocycles. The van der Waals surface area contributed by atoms with Crippen molar-refractivity contribution in [3.63, 3.8) is 0 Å². The molecule has 0 aliphatic rings. The molecule has 6 heteroatoms. The van der Waals surface area contributed by atoms with Crippen LogP contribution in [-0.2, 0) is 4.79 Å². The molecular formula is C20H19N3O3. The quantitative estimate of drug-likeness (QED) is 0.561. The average Bonchev–Trinajstić information content (AvgIpc) is 2.96. The Balaban J connectivity index is 1.86. The predicted octanol–water partition coefficient (Wildman–Crippen LogP) is 3.00. The van der Waals surface area contributed by atoms with Crippen LogP contribution in [0.3, 0.4) is 0 Å². The van der Waals surface area contributed by atoms with Gasteiger partial charge in [-0.05, 0) is 31.2 Å². The van der Waals surface area contributed by atoms with Gasteiger partial charge in [-0.25, -0.2) is 0 Å². The summed E-state index contributed by atoms with van der Waals surface area (Å²) >= 11 is 0. The van der Waals surface area contributed by atoms with E-state index in [9.17, 15) is 14.4 Å². The van der Waals surface area contributed by atoms with Crippen LogP contribution in [0.25, 0.3) is 10.9 Å². The fourth-order valence-electron chi connectivity index (χ4n) is 2.86. The summed E-state index contributed by atoms with van der Waals surface area (Å²) in [6, 6.07) is 13.8. The molecule has 0 bridgehead atoms. The number of nitrogens with one attached hydrogen (secondary N) is 2. The molecule has 0 aliphatic carbocycles. The van der Waals surface area contributed by atoms with E-state index in [-0.39, 0.29) is 5.91 Å². The summed E-state index contributed by atoms with van der Waals surface area (Å²) in [6.07, 6.45) is 0. The molecule has 3 aromatic rings. The average molecular weight is 349 g/mol. The van der Waals surface area contributed by atoms with E-state index in [4.69, 9.17) is 0 Å². The van der Waals surface area contributed by atoms with Crippen molar-refractivity contribution in [1.29, 1.82) is 0 Å². The summed E-state index contributed by atoms with van der Waals surface area (Å²) in [6.45, 7) is 1.76. The lowest BCUT2D eigenvalue weighted by atomic mass is 10.1. The van der Waals surface area contributed by atoms with Crippen LogP contribution >= 0.6 is 0 Å². The first-order chi connectivity index (χ1) is 12.4.